The van der Waals surface area contributed by atoms with E-state index in [0.717, 1.165) is 36.6 Å². The molecule has 0 N–H and O–H groups in total. The number of rotatable bonds is 8. The molecule has 2 aromatic rings. The van der Waals surface area contributed by atoms with Gasteiger partial charge in [-0.05, 0) is 55.3 Å². The van der Waals surface area contributed by atoms with Crippen LogP contribution in [0.4, 0.5) is 0 Å². The van der Waals surface area contributed by atoms with Crippen LogP contribution < -0.4 is 9.47 Å². The first-order valence-corrected chi connectivity index (χ1v) is 10.9. The summed E-state index contributed by atoms with van der Waals surface area (Å²) in [7, 11) is 2.14. The summed E-state index contributed by atoms with van der Waals surface area (Å²) in [6, 6.07) is 13.0. The first kappa shape index (κ1) is 21.4. The SMILES string of the molecule is Cc1cc(CN(C)C(C)c2ccc3c(c2)CCO3)ccc1OCCN1C(=O)CCC1=O. The lowest BCUT2D eigenvalue weighted by Crippen LogP contribution is -2.33. The molecular formula is C25H30N2O4. The fourth-order valence-electron chi connectivity index (χ4n) is 4.24. The lowest BCUT2D eigenvalue weighted by molar-refractivity contribution is -0.138. The van der Waals surface area contributed by atoms with Gasteiger partial charge in [0.2, 0.25) is 11.8 Å². The Kier molecular flexibility index (Phi) is 6.28. The highest BCUT2D eigenvalue weighted by molar-refractivity contribution is 6.01. The number of carbonyl (C=O) groups excluding carboxylic acids is 2. The largest absolute Gasteiger partial charge is 0.493 e. The molecule has 1 saturated heterocycles. The molecule has 31 heavy (non-hydrogen) atoms. The van der Waals surface area contributed by atoms with Crippen LogP contribution in [0.25, 0.3) is 0 Å². The Morgan fingerprint density at radius 1 is 1.10 bits per heavy atom. The minimum absolute atomic E-state index is 0.103. The van der Waals surface area contributed by atoms with Crippen molar-refractivity contribution in [1.82, 2.24) is 9.80 Å². The fraction of sp³-hybridized carbons (Fsp3) is 0.440. The Labute approximate surface area is 183 Å². The lowest BCUT2D eigenvalue weighted by atomic mass is 10.0. The highest BCUT2D eigenvalue weighted by atomic mass is 16.5. The van der Waals surface area contributed by atoms with Crippen molar-refractivity contribution in [2.45, 2.75) is 45.7 Å². The molecule has 0 saturated carbocycles. The Morgan fingerprint density at radius 2 is 1.87 bits per heavy atom. The van der Waals surface area contributed by atoms with Gasteiger partial charge >= 0.3 is 0 Å². The summed E-state index contributed by atoms with van der Waals surface area (Å²) >= 11 is 0. The summed E-state index contributed by atoms with van der Waals surface area (Å²) in [5.74, 6) is 1.60. The van der Waals surface area contributed by atoms with Crippen LogP contribution in [-0.4, -0.2) is 48.4 Å². The standard InChI is InChI=1S/C25H30N2O4/c1-17-14-19(4-6-22(17)31-13-11-27-24(28)8-9-25(27)29)16-26(3)18(2)20-5-7-23-21(15-20)10-12-30-23/h4-7,14-15,18H,8-13,16H2,1-3H3. The van der Waals surface area contributed by atoms with E-state index < -0.39 is 0 Å². The van der Waals surface area contributed by atoms with E-state index >= 15 is 0 Å². The van der Waals surface area contributed by atoms with Crippen molar-refractivity contribution >= 4 is 11.8 Å². The maximum Gasteiger partial charge on any atom is 0.229 e. The fourth-order valence-corrected chi connectivity index (χ4v) is 4.24. The lowest BCUT2D eigenvalue weighted by Gasteiger charge is -2.26. The van der Waals surface area contributed by atoms with Gasteiger partial charge in [0.15, 0.2) is 0 Å². The summed E-state index contributed by atoms with van der Waals surface area (Å²) in [4.78, 5) is 27.0. The van der Waals surface area contributed by atoms with Crippen molar-refractivity contribution in [2.75, 3.05) is 26.8 Å². The maximum atomic E-state index is 11.7. The number of fused-ring (bicyclic) bond motifs is 1. The van der Waals surface area contributed by atoms with Crippen molar-refractivity contribution in [1.29, 1.82) is 0 Å². The van der Waals surface area contributed by atoms with Crippen LogP contribution in [0.1, 0.15) is 48.1 Å². The second kappa shape index (κ2) is 9.10. The molecule has 1 fully saturated rings. The molecule has 0 aromatic heterocycles. The van der Waals surface area contributed by atoms with Crippen LogP contribution in [0.15, 0.2) is 36.4 Å². The van der Waals surface area contributed by atoms with Crippen molar-refractivity contribution in [3.05, 3.63) is 58.7 Å². The number of benzene rings is 2. The predicted octanol–water partition coefficient (Wildman–Crippen LogP) is 3.65. The normalized spacial score (nSPS) is 16.6. The molecule has 2 aliphatic heterocycles. The molecule has 6 nitrogen and oxygen atoms in total. The molecule has 164 valence electrons. The zero-order valence-corrected chi connectivity index (χ0v) is 18.5. The molecular weight excluding hydrogens is 392 g/mol. The van der Waals surface area contributed by atoms with E-state index in [1.54, 1.807) is 0 Å². The minimum Gasteiger partial charge on any atom is -0.493 e. The first-order valence-electron chi connectivity index (χ1n) is 10.9. The monoisotopic (exact) mass is 422 g/mol. The molecule has 2 aliphatic rings. The Bertz CT molecular complexity index is 971. The van der Waals surface area contributed by atoms with E-state index in [0.29, 0.717) is 26.0 Å². The van der Waals surface area contributed by atoms with Gasteiger partial charge in [-0.3, -0.25) is 19.4 Å². The second-order valence-electron chi connectivity index (χ2n) is 8.44. The summed E-state index contributed by atoms with van der Waals surface area (Å²) in [6.45, 7) is 6.48. The Balaban J connectivity index is 1.33. The number of carbonyl (C=O) groups is 2. The maximum absolute atomic E-state index is 11.7. The first-order chi connectivity index (χ1) is 14.9. The van der Waals surface area contributed by atoms with Crippen LogP contribution in [0.3, 0.4) is 0 Å². The zero-order valence-electron chi connectivity index (χ0n) is 18.5. The van der Waals surface area contributed by atoms with Gasteiger partial charge in [0.05, 0.1) is 13.2 Å². The Hall–Kier alpha value is -2.86. The van der Waals surface area contributed by atoms with Crippen LogP contribution in [0.5, 0.6) is 11.5 Å². The van der Waals surface area contributed by atoms with Gasteiger partial charge in [0.1, 0.15) is 18.1 Å². The van der Waals surface area contributed by atoms with Gasteiger partial charge < -0.3 is 9.47 Å². The number of hydrogen-bond donors (Lipinski definition) is 0. The third kappa shape index (κ3) is 4.74. The minimum atomic E-state index is -0.103. The number of imide groups is 1. The number of likely N-dealkylation sites (tertiary alicyclic amines) is 1. The van der Waals surface area contributed by atoms with E-state index in [4.69, 9.17) is 9.47 Å². The zero-order chi connectivity index (χ0) is 22.0. The Morgan fingerprint density at radius 3 is 2.61 bits per heavy atom. The molecule has 6 heteroatoms. The molecule has 2 heterocycles. The van der Waals surface area contributed by atoms with Gasteiger partial charge in [-0.1, -0.05) is 24.3 Å². The third-order valence-corrected chi connectivity index (χ3v) is 6.26. The number of nitrogens with zero attached hydrogens (tertiary/aromatic N) is 2. The van der Waals surface area contributed by atoms with Crippen LogP contribution in [0.2, 0.25) is 0 Å². The highest BCUT2D eigenvalue weighted by Crippen LogP contribution is 2.30. The topological polar surface area (TPSA) is 59.1 Å². The summed E-state index contributed by atoms with van der Waals surface area (Å²) in [6.07, 6.45) is 1.62. The predicted molar refractivity (Wildman–Crippen MR) is 118 cm³/mol. The molecule has 1 unspecified atom stereocenters. The van der Waals surface area contributed by atoms with E-state index in [1.807, 2.05) is 13.0 Å². The van der Waals surface area contributed by atoms with E-state index in [2.05, 4.69) is 49.2 Å². The van der Waals surface area contributed by atoms with Crippen LogP contribution in [0, 0.1) is 6.92 Å². The summed E-state index contributed by atoms with van der Waals surface area (Å²) < 4.78 is 11.5. The highest BCUT2D eigenvalue weighted by Gasteiger charge is 2.28. The van der Waals surface area contributed by atoms with Gasteiger partial charge in [-0.25, -0.2) is 0 Å². The van der Waals surface area contributed by atoms with Crippen molar-refractivity contribution in [3.63, 3.8) is 0 Å². The van der Waals surface area contributed by atoms with E-state index in [-0.39, 0.29) is 17.9 Å². The van der Waals surface area contributed by atoms with Gasteiger partial charge in [0.25, 0.3) is 0 Å². The van der Waals surface area contributed by atoms with Gasteiger partial charge in [-0.15, -0.1) is 0 Å². The molecule has 2 aromatic carbocycles. The summed E-state index contributed by atoms with van der Waals surface area (Å²) in [5.41, 5.74) is 4.86. The number of amides is 2. The third-order valence-electron chi connectivity index (χ3n) is 6.26. The van der Waals surface area contributed by atoms with Crippen LogP contribution >= 0.6 is 0 Å². The second-order valence-corrected chi connectivity index (χ2v) is 8.44. The van der Waals surface area contributed by atoms with Gasteiger partial charge in [0, 0.05) is 31.8 Å². The molecule has 4 rings (SSSR count). The molecule has 0 bridgehead atoms. The van der Waals surface area contributed by atoms with Crippen molar-refractivity contribution < 1.29 is 19.1 Å². The summed E-state index contributed by atoms with van der Waals surface area (Å²) in [5, 5.41) is 0. The average molecular weight is 423 g/mol. The van der Waals surface area contributed by atoms with Gasteiger partial charge in [-0.2, -0.15) is 0 Å². The van der Waals surface area contributed by atoms with Crippen molar-refractivity contribution in [2.24, 2.45) is 0 Å². The van der Waals surface area contributed by atoms with Crippen molar-refractivity contribution in [3.8, 4) is 11.5 Å². The molecule has 0 aliphatic carbocycles. The molecule has 0 radical (unpaired) electrons. The quantitative estimate of drug-likeness (QED) is 0.608. The smallest absolute Gasteiger partial charge is 0.229 e. The number of ether oxygens (including phenoxy) is 2. The molecule has 1 atom stereocenters. The number of hydrogen-bond acceptors (Lipinski definition) is 5. The van der Waals surface area contributed by atoms with E-state index in [9.17, 15) is 9.59 Å². The van der Waals surface area contributed by atoms with Crippen LogP contribution in [-0.2, 0) is 22.6 Å². The molecule has 2 amide bonds. The number of aryl methyl sites for hydroxylation is 1. The molecule has 0 spiro atoms. The average Bonchev–Trinajstić information content (AvgIpc) is 3.35. The van der Waals surface area contributed by atoms with E-state index in [1.165, 1.54) is 21.6 Å².